The summed E-state index contributed by atoms with van der Waals surface area (Å²) in [4.78, 5) is 7.28. The fourth-order valence-corrected chi connectivity index (χ4v) is 2.24. The zero-order valence-corrected chi connectivity index (χ0v) is 10.0. The predicted molar refractivity (Wildman–Crippen MR) is 69.0 cm³/mol. The Morgan fingerprint density at radius 1 is 1.44 bits per heavy atom. The number of aromatic nitrogens is 2. The average Bonchev–Trinajstić information content (AvgIpc) is 3.03. The van der Waals surface area contributed by atoms with Gasteiger partial charge >= 0.3 is 0 Å². The second-order valence-corrected chi connectivity index (χ2v) is 4.32. The van der Waals surface area contributed by atoms with E-state index >= 15 is 0 Å². The second-order valence-electron chi connectivity index (χ2n) is 4.32. The fourth-order valence-electron chi connectivity index (χ4n) is 2.24. The van der Waals surface area contributed by atoms with Crippen molar-refractivity contribution in [1.29, 1.82) is 5.26 Å². The lowest BCUT2D eigenvalue weighted by molar-refractivity contribution is 0.620. The van der Waals surface area contributed by atoms with E-state index in [1.165, 1.54) is 0 Å². The highest BCUT2D eigenvalue weighted by atomic mass is 15.3. The molecule has 0 saturated carbocycles. The van der Waals surface area contributed by atoms with Gasteiger partial charge in [0.1, 0.15) is 12.4 Å². The Morgan fingerprint density at radius 2 is 2.22 bits per heavy atom. The number of aromatic amines is 1. The summed E-state index contributed by atoms with van der Waals surface area (Å²) in [5.41, 5.74) is 4.22. The number of hydrogen-bond donors (Lipinski definition) is 4. The molecule has 0 radical (unpaired) electrons. The molecule has 1 aromatic carbocycles. The van der Waals surface area contributed by atoms with Gasteiger partial charge in [-0.3, -0.25) is 10.6 Å². The zero-order chi connectivity index (χ0) is 12.5. The summed E-state index contributed by atoms with van der Waals surface area (Å²) in [5.74, 6) is 0. The monoisotopic (exact) mass is 242 g/mol. The minimum Gasteiger partial charge on any atom is -0.357 e. The molecule has 4 N–H and O–H groups in total. The molecule has 1 fully saturated rings. The van der Waals surface area contributed by atoms with E-state index in [2.05, 4.69) is 32.0 Å². The van der Waals surface area contributed by atoms with Crippen molar-refractivity contribution in [3.8, 4) is 6.07 Å². The van der Waals surface area contributed by atoms with Crippen LogP contribution in [-0.4, -0.2) is 29.3 Å². The molecule has 1 saturated heterocycles. The summed E-state index contributed by atoms with van der Waals surface area (Å²) in [6, 6.07) is 4.06. The van der Waals surface area contributed by atoms with Crippen LogP contribution in [0.15, 0.2) is 12.4 Å². The van der Waals surface area contributed by atoms with E-state index in [-0.39, 0.29) is 6.29 Å². The molecular formula is C12H14N6. The van der Waals surface area contributed by atoms with E-state index in [1.807, 2.05) is 13.0 Å². The molecule has 0 aliphatic carbocycles. The highest BCUT2D eigenvalue weighted by Crippen LogP contribution is 2.26. The first kappa shape index (κ1) is 11.0. The number of nitriles is 1. The first-order valence-corrected chi connectivity index (χ1v) is 5.89. The van der Waals surface area contributed by atoms with Gasteiger partial charge in [-0.2, -0.15) is 5.26 Å². The number of nitrogens with zero attached hydrogens (tertiary/aromatic N) is 2. The van der Waals surface area contributed by atoms with Crippen LogP contribution < -0.4 is 16.0 Å². The smallest absolute Gasteiger partial charge is 0.132 e. The number of nitrogens with one attached hydrogen (secondary N) is 4. The van der Waals surface area contributed by atoms with Crippen LogP contribution >= 0.6 is 0 Å². The molecule has 0 amide bonds. The van der Waals surface area contributed by atoms with Crippen LogP contribution in [0.4, 0.5) is 5.69 Å². The Bertz CT molecular complexity index is 617. The predicted octanol–water partition coefficient (Wildman–Crippen LogP) is 0.631. The number of anilines is 1. The quantitative estimate of drug-likeness (QED) is 0.620. The molecule has 0 atom stereocenters. The number of rotatable bonds is 2. The number of fused-ring (bicyclic) bond motifs is 1. The Hall–Kier alpha value is -2.10. The fraction of sp³-hybridized carbons (Fsp3) is 0.333. The van der Waals surface area contributed by atoms with Crippen LogP contribution in [0.3, 0.4) is 0 Å². The molecule has 92 valence electrons. The van der Waals surface area contributed by atoms with E-state index in [0.29, 0.717) is 5.56 Å². The Labute approximate surface area is 104 Å². The van der Waals surface area contributed by atoms with E-state index in [4.69, 9.17) is 0 Å². The molecular weight excluding hydrogens is 228 g/mol. The minimum absolute atomic E-state index is 0.0478. The lowest BCUT2D eigenvalue weighted by Gasteiger charge is -2.17. The molecule has 1 aliphatic heterocycles. The van der Waals surface area contributed by atoms with E-state index in [9.17, 15) is 5.26 Å². The van der Waals surface area contributed by atoms with Gasteiger partial charge < -0.3 is 10.3 Å². The van der Waals surface area contributed by atoms with Crippen molar-refractivity contribution >= 4 is 16.7 Å². The topological polar surface area (TPSA) is 88.6 Å². The van der Waals surface area contributed by atoms with Crippen molar-refractivity contribution in [3.05, 3.63) is 23.5 Å². The molecule has 6 nitrogen and oxygen atoms in total. The molecule has 0 unspecified atom stereocenters. The molecule has 18 heavy (non-hydrogen) atoms. The molecule has 2 heterocycles. The van der Waals surface area contributed by atoms with Gasteiger partial charge in [-0.05, 0) is 13.0 Å². The molecule has 1 aliphatic rings. The van der Waals surface area contributed by atoms with Gasteiger partial charge in [0.2, 0.25) is 0 Å². The Morgan fingerprint density at radius 3 is 2.94 bits per heavy atom. The maximum atomic E-state index is 9.17. The van der Waals surface area contributed by atoms with Crippen molar-refractivity contribution < 1.29 is 0 Å². The lowest BCUT2D eigenvalue weighted by Crippen LogP contribution is -2.39. The third-order valence-corrected chi connectivity index (χ3v) is 3.20. The van der Waals surface area contributed by atoms with Gasteiger partial charge in [-0.25, -0.2) is 4.98 Å². The first-order chi connectivity index (χ1) is 8.79. The van der Waals surface area contributed by atoms with Crippen LogP contribution in [0.1, 0.15) is 11.1 Å². The molecule has 1 aromatic heterocycles. The standard InChI is InChI=1S/C12H14N6/c1-7-9(18-12-14-2-3-15-12)4-8(5-13)11-10(7)16-6-17-11/h4,6,12,14-15,18H,2-3H2,1H3,(H,16,17). The Kier molecular flexibility index (Phi) is 2.63. The van der Waals surface area contributed by atoms with E-state index < -0.39 is 0 Å². The number of aryl methyl sites for hydroxylation is 1. The van der Waals surface area contributed by atoms with Crippen LogP contribution in [0.25, 0.3) is 11.0 Å². The zero-order valence-electron chi connectivity index (χ0n) is 10.0. The number of imidazole rings is 1. The van der Waals surface area contributed by atoms with Gasteiger partial charge in [0.05, 0.1) is 22.9 Å². The van der Waals surface area contributed by atoms with Gasteiger partial charge in [-0.15, -0.1) is 0 Å². The summed E-state index contributed by atoms with van der Waals surface area (Å²) in [7, 11) is 0. The van der Waals surface area contributed by atoms with E-state index in [1.54, 1.807) is 6.33 Å². The second kappa shape index (κ2) is 4.29. The number of H-pyrrole nitrogens is 1. The minimum atomic E-state index is 0.0478. The number of hydrogen-bond acceptors (Lipinski definition) is 5. The molecule has 3 rings (SSSR count). The van der Waals surface area contributed by atoms with Gasteiger partial charge in [0.15, 0.2) is 0 Å². The Balaban J connectivity index is 2.05. The molecule has 0 bridgehead atoms. The van der Waals surface area contributed by atoms with Crippen LogP contribution in [0.2, 0.25) is 0 Å². The summed E-state index contributed by atoms with van der Waals surface area (Å²) < 4.78 is 0. The first-order valence-electron chi connectivity index (χ1n) is 5.89. The lowest BCUT2D eigenvalue weighted by atomic mass is 10.1. The van der Waals surface area contributed by atoms with Crippen LogP contribution in [0.5, 0.6) is 0 Å². The number of benzene rings is 1. The van der Waals surface area contributed by atoms with Crippen molar-refractivity contribution in [2.75, 3.05) is 18.4 Å². The summed E-state index contributed by atoms with van der Waals surface area (Å²) in [6.07, 6.45) is 1.67. The van der Waals surface area contributed by atoms with Crippen molar-refractivity contribution in [1.82, 2.24) is 20.6 Å². The van der Waals surface area contributed by atoms with Gasteiger partial charge in [0, 0.05) is 24.3 Å². The third-order valence-electron chi connectivity index (χ3n) is 3.20. The molecule has 2 aromatic rings. The van der Waals surface area contributed by atoms with Crippen LogP contribution in [-0.2, 0) is 0 Å². The molecule has 0 spiro atoms. The van der Waals surface area contributed by atoms with E-state index in [0.717, 1.165) is 35.4 Å². The summed E-state index contributed by atoms with van der Waals surface area (Å²) >= 11 is 0. The maximum absolute atomic E-state index is 9.17. The summed E-state index contributed by atoms with van der Waals surface area (Å²) in [6.45, 7) is 3.88. The van der Waals surface area contributed by atoms with Crippen LogP contribution in [0, 0.1) is 18.3 Å². The molecule has 6 heteroatoms. The van der Waals surface area contributed by atoms with Gasteiger partial charge in [-0.1, -0.05) is 0 Å². The van der Waals surface area contributed by atoms with Gasteiger partial charge in [0.25, 0.3) is 0 Å². The average molecular weight is 242 g/mol. The van der Waals surface area contributed by atoms with Crippen molar-refractivity contribution in [3.63, 3.8) is 0 Å². The maximum Gasteiger partial charge on any atom is 0.132 e. The normalized spacial score (nSPS) is 16.0. The summed E-state index contributed by atoms with van der Waals surface area (Å²) in [5, 5.41) is 19.1. The third kappa shape index (κ3) is 1.70. The highest BCUT2D eigenvalue weighted by Gasteiger charge is 2.16. The van der Waals surface area contributed by atoms with Crippen molar-refractivity contribution in [2.45, 2.75) is 13.2 Å². The SMILES string of the molecule is Cc1c(NC2NCCN2)cc(C#N)c2[nH]cnc12. The van der Waals surface area contributed by atoms with Crippen molar-refractivity contribution in [2.24, 2.45) is 0 Å². The highest BCUT2D eigenvalue weighted by molar-refractivity contribution is 5.89. The largest absolute Gasteiger partial charge is 0.357 e.